The molecular formula is C18H23N5O4. The van der Waals surface area contributed by atoms with Gasteiger partial charge in [-0.15, -0.1) is 0 Å². The van der Waals surface area contributed by atoms with Crippen LogP contribution >= 0.6 is 0 Å². The molecule has 0 radical (unpaired) electrons. The van der Waals surface area contributed by atoms with E-state index in [1.807, 2.05) is 24.0 Å². The van der Waals surface area contributed by atoms with Crippen LogP contribution in [0.2, 0.25) is 0 Å². The van der Waals surface area contributed by atoms with E-state index in [0.717, 1.165) is 5.69 Å². The van der Waals surface area contributed by atoms with Crippen molar-refractivity contribution < 1.29 is 14.5 Å². The molecule has 0 saturated carbocycles. The maximum absolute atomic E-state index is 11.6. The summed E-state index contributed by atoms with van der Waals surface area (Å²) in [5.74, 6) is 0.185. The number of carbonyl (C=O) groups excluding carboxylic acids is 1. The highest BCUT2D eigenvalue weighted by Gasteiger charge is 2.33. The van der Waals surface area contributed by atoms with Crippen LogP contribution in [0, 0.1) is 17.0 Å². The molecule has 1 aliphatic rings. The fraction of sp³-hybridized carbons (Fsp3) is 0.444. The molecule has 2 aromatic rings. The Hall–Kier alpha value is -3.10. The summed E-state index contributed by atoms with van der Waals surface area (Å²) < 4.78 is 6.31. The lowest BCUT2D eigenvalue weighted by Crippen LogP contribution is -2.52. The van der Waals surface area contributed by atoms with Gasteiger partial charge in [-0.1, -0.05) is 0 Å². The first-order valence-electron chi connectivity index (χ1n) is 8.71. The monoisotopic (exact) mass is 373 g/mol. The molecule has 9 nitrogen and oxygen atoms in total. The van der Waals surface area contributed by atoms with Gasteiger partial charge in [-0.25, -0.2) is 9.48 Å². The number of hydrogen-bond donors (Lipinski definition) is 0. The third kappa shape index (κ3) is 3.44. The average molecular weight is 373 g/mol. The summed E-state index contributed by atoms with van der Waals surface area (Å²) >= 11 is 0. The van der Waals surface area contributed by atoms with E-state index >= 15 is 0 Å². The molecule has 1 saturated heterocycles. The van der Waals surface area contributed by atoms with Crippen LogP contribution in [0.5, 0.6) is 0 Å². The first-order chi connectivity index (χ1) is 12.8. The molecule has 0 aliphatic carbocycles. The van der Waals surface area contributed by atoms with Crippen LogP contribution in [0.3, 0.4) is 0 Å². The number of rotatable bonds is 4. The van der Waals surface area contributed by atoms with Crippen molar-refractivity contribution in [1.82, 2.24) is 9.78 Å². The number of hydrogen-bond acceptors (Lipinski definition) is 7. The Labute approximate surface area is 157 Å². The van der Waals surface area contributed by atoms with Gasteiger partial charge in [-0.2, -0.15) is 5.10 Å². The maximum atomic E-state index is 11.6. The third-order valence-electron chi connectivity index (χ3n) is 4.90. The smallest absolute Gasteiger partial charge is 0.337 e. The number of benzene rings is 1. The normalized spacial score (nSPS) is 17.1. The topological polar surface area (TPSA) is 93.7 Å². The van der Waals surface area contributed by atoms with Crippen LogP contribution in [-0.4, -0.2) is 53.5 Å². The molecule has 1 atom stereocenters. The predicted molar refractivity (Wildman–Crippen MR) is 101 cm³/mol. The number of esters is 1. The van der Waals surface area contributed by atoms with Crippen molar-refractivity contribution in [2.45, 2.75) is 19.9 Å². The number of aromatic nitrogens is 2. The molecule has 1 aromatic heterocycles. The van der Waals surface area contributed by atoms with Gasteiger partial charge in [-0.3, -0.25) is 10.1 Å². The lowest BCUT2D eigenvalue weighted by molar-refractivity contribution is -0.384. The van der Waals surface area contributed by atoms with Crippen LogP contribution in [0.1, 0.15) is 23.0 Å². The number of nitro groups is 1. The number of carbonyl (C=O) groups is 1. The van der Waals surface area contributed by atoms with E-state index in [1.54, 1.807) is 30.8 Å². The number of ether oxygens (including phenoxy) is 1. The lowest BCUT2D eigenvalue weighted by Gasteiger charge is -2.41. The molecule has 1 fully saturated rings. The molecule has 2 heterocycles. The maximum Gasteiger partial charge on any atom is 0.337 e. The summed E-state index contributed by atoms with van der Waals surface area (Å²) in [4.78, 5) is 26.9. The van der Waals surface area contributed by atoms with Crippen LogP contribution in [0.25, 0.3) is 0 Å². The van der Waals surface area contributed by atoms with Crippen molar-refractivity contribution in [3.8, 4) is 0 Å². The molecule has 1 aliphatic heterocycles. The van der Waals surface area contributed by atoms with Crippen molar-refractivity contribution in [3.63, 3.8) is 0 Å². The summed E-state index contributed by atoms with van der Waals surface area (Å²) in [5.41, 5.74) is 2.00. The molecule has 0 N–H and O–H groups in total. The van der Waals surface area contributed by atoms with Crippen LogP contribution in [0.4, 0.5) is 17.2 Å². The molecule has 27 heavy (non-hydrogen) atoms. The molecule has 9 heteroatoms. The Morgan fingerprint density at radius 1 is 1.30 bits per heavy atom. The van der Waals surface area contributed by atoms with E-state index in [1.165, 1.54) is 7.11 Å². The van der Waals surface area contributed by atoms with E-state index in [2.05, 4.69) is 10.00 Å². The van der Waals surface area contributed by atoms with Gasteiger partial charge in [0.1, 0.15) is 5.69 Å². The number of methoxy groups -OCH3 is 1. The molecular weight excluding hydrogens is 350 g/mol. The standard InChI is InChI=1S/C18H23N5O4/c1-12-11-21(15-7-5-14(6-8-15)18(24)27-4)9-10-22(12)17-16(23(25)26)13(2)19-20(17)3/h5-8,12H,9-11H2,1-4H3. The van der Waals surface area contributed by atoms with Gasteiger partial charge in [0.25, 0.3) is 0 Å². The van der Waals surface area contributed by atoms with Gasteiger partial charge in [0.2, 0.25) is 5.82 Å². The van der Waals surface area contributed by atoms with Crippen LogP contribution < -0.4 is 9.80 Å². The highest BCUT2D eigenvalue weighted by Crippen LogP contribution is 2.33. The summed E-state index contributed by atoms with van der Waals surface area (Å²) in [7, 11) is 3.09. The fourth-order valence-corrected chi connectivity index (χ4v) is 3.60. The number of anilines is 2. The Morgan fingerprint density at radius 3 is 2.52 bits per heavy atom. The van der Waals surface area contributed by atoms with Crippen molar-refractivity contribution in [3.05, 3.63) is 45.6 Å². The van der Waals surface area contributed by atoms with Crippen molar-refractivity contribution in [2.75, 3.05) is 36.5 Å². The van der Waals surface area contributed by atoms with Crippen molar-refractivity contribution in [2.24, 2.45) is 7.05 Å². The second kappa shape index (κ2) is 7.26. The van der Waals surface area contributed by atoms with Crippen molar-refractivity contribution >= 4 is 23.2 Å². The molecule has 0 amide bonds. The highest BCUT2D eigenvalue weighted by atomic mass is 16.6. The van der Waals surface area contributed by atoms with E-state index in [0.29, 0.717) is 36.7 Å². The average Bonchev–Trinajstić information content (AvgIpc) is 2.95. The SMILES string of the molecule is COC(=O)c1ccc(N2CCN(c3c([N+](=O)[O-])c(C)nn3C)C(C)C2)cc1. The minimum absolute atomic E-state index is 0.0625. The van der Waals surface area contributed by atoms with E-state index in [-0.39, 0.29) is 22.6 Å². The summed E-state index contributed by atoms with van der Waals surface area (Å²) in [6, 6.07) is 7.34. The Balaban J connectivity index is 1.79. The van der Waals surface area contributed by atoms with Gasteiger partial charge in [0.15, 0.2) is 0 Å². The molecule has 1 unspecified atom stereocenters. The zero-order chi connectivity index (χ0) is 19.7. The Bertz CT molecular complexity index is 861. The molecule has 144 valence electrons. The Kier molecular flexibility index (Phi) is 5.02. The molecule has 0 spiro atoms. The van der Waals surface area contributed by atoms with Crippen LogP contribution in [0.15, 0.2) is 24.3 Å². The van der Waals surface area contributed by atoms with E-state index in [9.17, 15) is 14.9 Å². The zero-order valence-electron chi connectivity index (χ0n) is 15.9. The molecule has 0 bridgehead atoms. The fourth-order valence-electron chi connectivity index (χ4n) is 3.60. The predicted octanol–water partition coefficient (Wildman–Crippen LogP) is 2.14. The second-order valence-electron chi connectivity index (χ2n) is 6.67. The minimum atomic E-state index is -0.362. The van der Waals surface area contributed by atoms with Crippen molar-refractivity contribution in [1.29, 1.82) is 0 Å². The van der Waals surface area contributed by atoms with Gasteiger partial charge in [0.05, 0.1) is 17.6 Å². The summed E-state index contributed by atoms with van der Waals surface area (Å²) in [5, 5.41) is 15.7. The quantitative estimate of drug-likeness (QED) is 0.460. The minimum Gasteiger partial charge on any atom is -0.465 e. The lowest BCUT2D eigenvalue weighted by atomic mass is 10.1. The van der Waals surface area contributed by atoms with Gasteiger partial charge >= 0.3 is 11.7 Å². The largest absolute Gasteiger partial charge is 0.465 e. The van der Waals surface area contributed by atoms with Gasteiger partial charge in [-0.05, 0) is 38.1 Å². The van der Waals surface area contributed by atoms with Crippen LogP contribution in [-0.2, 0) is 11.8 Å². The first-order valence-corrected chi connectivity index (χ1v) is 8.71. The highest BCUT2D eigenvalue weighted by molar-refractivity contribution is 5.89. The van der Waals surface area contributed by atoms with Gasteiger partial charge < -0.3 is 14.5 Å². The second-order valence-corrected chi connectivity index (χ2v) is 6.67. The Morgan fingerprint density at radius 2 is 1.96 bits per heavy atom. The summed E-state index contributed by atoms with van der Waals surface area (Å²) in [6.07, 6.45) is 0. The number of nitrogens with zero attached hydrogens (tertiary/aromatic N) is 5. The molecule has 1 aromatic carbocycles. The number of aryl methyl sites for hydroxylation is 2. The molecule has 3 rings (SSSR count). The number of piperazine rings is 1. The first kappa shape index (κ1) is 18.7. The summed E-state index contributed by atoms with van der Waals surface area (Å²) in [6.45, 7) is 5.76. The third-order valence-corrected chi connectivity index (χ3v) is 4.90. The van der Waals surface area contributed by atoms with Gasteiger partial charge in [0, 0.05) is 38.4 Å². The zero-order valence-corrected chi connectivity index (χ0v) is 15.9. The van der Waals surface area contributed by atoms with E-state index < -0.39 is 0 Å². The van der Waals surface area contributed by atoms with E-state index in [4.69, 9.17) is 4.74 Å².